The van der Waals surface area contributed by atoms with Crippen molar-refractivity contribution < 1.29 is 14.4 Å². The Morgan fingerprint density at radius 1 is 1.09 bits per heavy atom. The normalized spacial score (nSPS) is 15.6. The predicted molar refractivity (Wildman–Crippen MR) is 81.7 cm³/mol. The van der Waals surface area contributed by atoms with Gasteiger partial charge in [-0.1, -0.05) is 24.3 Å². The number of amides is 4. The molecule has 0 saturated carbocycles. The summed E-state index contributed by atoms with van der Waals surface area (Å²) in [7, 11) is 1.81. The third-order valence-corrected chi connectivity index (χ3v) is 3.68. The summed E-state index contributed by atoms with van der Waals surface area (Å²) in [5, 5.41) is 0. The van der Waals surface area contributed by atoms with Gasteiger partial charge in [-0.15, -0.1) is 0 Å². The molecule has 1 aliphatic heterocycles. The van der Waals surface area contributed by atoms with E-state index in [9.17, 15) is 14.4 Å². The Balaban J connectivity index is 2.07. The van der Waals surface area contributed by atoms with Crippen molar-refractivity contribution in [1.82, 2.24) is 14.7 Å². The minimum Gasteiger partial charge on any atom is -0.284 e. The molecule has 0 unspecified atom stereocenters. The molecule has 1 aliphatic rings. The van der Waals surface area contributed by atoms with Gasteiger partial charge in [-0.05, 0) is 38.9 Å². The summed E-state index contributed by atoms with van der Waals surface area (Å²) in [6, 6.07) is 7.07. The highest BCUT2D eigenvalue weighted by atomic mass is 16.2. The number of nitrogens with zero attached hydrogens (tertiary/aromatic N) is 3. The highest BCUT2D eigenvalue weighted by Gasteiger charge is 2.45. The van der Waals surface area contributed by atoms with Crippen LogP contribution in [0.4, 0.5) is 4.79 Å². The minimum atomic E-state index is -0.754. The van der Waals surface area contributed by atoms with E-state index in [1.54, 1.807) is 13.8 Å². The molecule has 0 aliphatic carbocycles. The van der Waals surface area contributed by atoms with Crippen LogP contribution in [-0.4, -0.2) is 52.3 Å². The lowest BCUT2D eigenvalue weighted by atomic mass is 10.1. The number of hydrogen-bond acceptors (Lipinski definition) is 4. The fraction of sp³-hybridized carbons (Fsp3) is 0.438. The summed E-state index contributed by atoms with van der Waals surface area (Å²) >= 11 is 0. The molecular weight excluding hydrogens is 282 g/mol. The van der Waals surface area contributed by atoms with Crippen LogP contribution >= 0.6 is 0 Å². The first kappa shape index (κ1) is 16.2. The second kappa shape index (κ2) is 6.27. The number of urea groups is 1. The molecule has 118 valence electrons. The van der Waals surface area contributed by atoms with Gasteiger partial charge in [0, 0.05) is 12.6 Å². The van der Waals surface area contributed by atoms with E-state index in [2.05, 4.69) is 0 Å². The van der Waals surface area contributed by atoms with Crippen LogP contribution in [0, 0.1) is 6.92 Å². The standard InChI is InChI=1S/C16H21N3O3/c1-11(2)19-15(21)14(20)18(16(19)22)10-17(4)9-13-8-6-5-7-12(13)3/h5-8,11H,9-10H2,1-4H3. The zero-order chi connectivity index (χ0) is 16.4. The van der Waals surface area contributed by atoms with Gasteiger partial charge in [-0.3, -0.25) is 19.4 Å². The van der Waals surface area contributed by atoms with Crippen molar-refractivity contribution in [2.24, 2.45) is 0 Å². The van der Waals surface area contributed by atoms with Gasteiger partial charge in [-0.2, -0.15) is 0 Å². The Hall–Kier alpha value is -2.21. The Labute approximate surface area is 130 Å². The molecule has 2 rings (SSSR count). The molecule has 0 bridgehead atoms. The number of benzene rings is 1. The lowest BCUT2D eigenvalue weighted by Gasteiger charge is -2.24. The van der Waals surface area contributed by atoms with Crippen LogP contribution in [0.1, 0.15) is 25.0 Å². The van der Waals surface area contributed by atoms with Crippen molar-refractivity contribution >= 4 is 17.8 Å². The van der Waals surface area contributed by atoms with Gasteiger partial charge in [0.2, 0.25) is 0 Å². The first-order valence-corrected chi connectivity index (χ1v) is 7.25. The Morgan fingerprint density at radius 2 is 1.73 bits per heavy atom. The fourth-order valence-electron chi connectivity index (χ4n) is 2.47. The first-order chi connectivity index (χ1) is 10.3. The summed E-state index contributed by atoms with van der Waals surface area (Å²) in [6.45, 7) is 6.13. The number of carbonyl (C=O) groups excluding carboxylic acids is 3. The van der Waals surface area contributed by atoms with Crippen molar-refractivity contribution in [3.05, 3.63) is 35.4 Å². The molecule has 1 saturated heterocycles. The third kappa shape index (κ3) is 3.01. The van der Waals surface area contributed by atoms with E-state index < -0.39 is 17.8 Å². The molecule has 1 fully saturated rings. The van der Waals surface area contributed by atoms with Gasteiger partial charge in [0.25, 0.3) is 0 Å². The Morgan fingerprint density at radius 3 is 2.27 bits per heavy atom. The van der Waals surface area contributed by atoms with Crippen LogP contribution in [0.2, 0.25) is 0 Å². The van der Waals surface area contributed by atoms with E-state index in [-0.39, 0.29) is 12.7 Å². The van der Waals surface area contributed by atoms with E-state index in [4.69, 9.17) is 0 Å². The smallest absolute Gasteiger partial charge is 0.284 e. The van der Waals surface area contributed by atoms with E-state index >= 15 is 0 Å². The number of rotatable bonds is 5. The largest absolute Gasteiger partial charge is 0.335 e. The maximum absolute atomic E-state index is 12.2. The maximum atomic E-state index is 12.2. The summed E-state index contributed by atoms with van der Waals surface area (Å²) in [4.78, 5) is 39.9. The topological polar surface area (TPSA) is 60.9 Å². The van der Waals surface area contributed by atoms with E-state index in [1.807, 2.05) is 43.1 Å². The van der Waals surface area contributed by atoms with Gasteiger partial charge in [0.05, 0.1) is 6.67 Å². The molecule has 0 N–H and O–H groups in total. The molecule has 4 amide bonds. The van der Waals surface area contributed by atoms with Crippen molar-refractivity contribution in [1.29, 1.82) is 0 Å². The SMILES string of the molecule is Cc1ccccc1CN(C)CN1C(=O)C(=O)N(C(C)C)C1=O. The molecule has 0 atom stereocenters. The van der Waals surface area contributed by atoms with Gasteiger partial charge in [-0.25, -0.2) is 9.69 Å². The lowest BCUT2D eigenvalue weighted by Crippen LogP contribution is -2.42. The monoisotopic (exact) mass is 303 g/mol. The Bertz CT molecular complexity index is 612. The highest BCUT2D eigenvalue weighted by Crippen LogP contribution is 2.16. The molecule has 6 nitrogen and oxygen atoms in total. The fourth-order valence-corrected chi connectivity index (χ4v) is 2.47. The quantitative estimate of drug-likeness (QED) is 0.612. The average molecular weight is 303 g/mol. The molecular formula is C16H21N3O3. The Kier molecular flexibility index (Phi) is 4.61. The summed E-state index contributed by atoms with van der Waals surface area (Å²) in [5.41, 5.74) is 2.27. The molecule has 0 aromatic heterocycles. The van der Waals surface area contributed by atoms with Crippen LogP contribution in [-0.2, 0) is 16.1 Å². The van der Waals surface area contributed by atoms with Crippen molar-refractivity contribution in [2.75, 3.05) is 13.7 Å². The van der Waals surface area contributed by atoms with Crippen LogP contribution in [0.25, 0.3) is 0 Å². The molecule has 1 aromatic carbocycles. The van der Waals surface area contributed by atoms with Crippen molar-refractivity contribution in [3.63, 3.8) is 0 Å². The molecule has 0 spiro atoms. The summed E-state index contributed by atoms with van der Waals surface area (Å²) in [6.07, 6.45) is 0. The van der Waals surface area contributed by atoms with Gasteiger partial charge < -0.3 is 0 Å². The third-order valence-electron chi connectivity index (χ3n) is 3.68. The number of hydrogen-bond donors (Lipinski definition) is 0. The molecule has 0 radical (unpaired) electrons. The zero-order valence-corrected chi connectivity index (χ0v) is 13.4. The van der Waals surface area contributed by atoms with Crippen LogP contribution in [0.3, 0.4) is 0 Å². The van der Waals surface area contributed by atoms with Crippen LogP contribution < -0.4 is 0 Å². The zero-order valence-electron chi connectivity index (χ0n) is 13.4. The number of carbonyl (C=O) groups is 3. The summed E-state index contributed by atoms with van der Waals surface area (Å²) < 4.78 is 0. The first-order valence-electron chi connectivity index (χ1n) is 7.25. The molecule has 1 aromatic rings. The molecule has 22 heavy (non-hydrogen) atoms. The van der Waals surface area contributed by atoms with Gasteiger partial charge in [0.15, 0.2) is 0 Å². The second-order valence-corrected chi connectivity index (χ2v) is 5.87. The molecule has 6 heteroatoms. The predicted octanol–water partition coefficient (Wildman–Crippen LogP) is 1.58. The number of aryl methyl sites for hydroxylation is 1. The minimum absolute atomic E-state index is 0.0982. The van der Waals surface area contributed by atoms with Gasteiger partial charge in [0.1, 0.15) is 0 Å². The van der Waals surface area contributed by atoms with Crippen molar-refractivity contribution in [3.8, 4) is 0 Å². The maximum Gasteiger partial charge on any atom is 0.335 e. The van der Waals surface area contributed by atoms with E-state index in [0.29, 0.717) is 6.54 Å². The van der Waals surface area contributed by atoms with Gasteiger partial charge >= 0.3 is 17.8 Å². The van der Waals surface area contributed by atoms with Crippen LogP contribution in [0.15, 0.2) is 24.3 Å². The number of imide groups is 2. The molecule has 1 heterocycles. The van der Waals surface area contributed by atoms with E-state index in [0.717, 1.165) is 20.9 Å². The lowest BCUT2D eigenvalue weighted by molar-refractivity contribution is -0.144. The summed E-state index contributed by atoms with van der Waals surface area (Å²) in [5.74, 6) is -1.50. The van der Waals surface area contributed by atoms with Crippen LogP contribution in [0.5, 0.6) is 0 Å². The average Bonchev–Trinajstić information content (AvgIpc) is 2.65. The second-order valence-electron chi connectivity index (χ2n) is 5.87. The van der Waals surface area contributed by atoms with Crippen molar-refractivity contribution in [2.45, 2.75) is 33.4 Å². The van der Waals surface area contributed by atoms with E-state index in [1.165, 1.54) is 0 Å². The highest BCUT2D eigenvalue weighted by molar-refractivity contribution is 6.44.